The van der Waals surface area contributed by atoms with Gasteiger partial charge < -0.3 is 5.32 Å². The largest absolute Gasteiger partial charge is 0.350 e. The predicted molar refractivity (Wildman–Crippen MR) is 97.8 cm³/mol. The molecule has 1 N–H and O–H groups in total. The Morgan fingerprint density at radius 2 is 1.92 bits per heavy atom. The first-order valence-electron chi connectivity index (χ1n) is 8.28. The molecule has 0 unspecified atom stereocenters. The number of rotatable bonds is 4. The summed E-state index contributed by atoms with van der Waals surface area (Å²) in [6.45, 7) is 2.16. The third-order valence-corrected chi connectivity index (χ3v) is 4.19. The third kappa shape index (κ3) is 2.83. The summed E-state index contributed by atoms with van der Waals surface area (Å²) in [7, 11) is 0. The zero-order valence-electron chi connectivity index (χ0n) is 14.2. The van der Waals surface area contributed by atoms with E-state index in [2.05, 4.69) is 15.4 Å². The van der Waals surface area contributed by atoms with Crippen molar-refractivity contribution in [2.75, 3.05) is 0 Å². The number of amides is 1. The quantitative estimate of drug-likeness (QED) is 0.609. The summed E-state index contributed by atoms with van der Waals surface area (Å²) in [5, 5.41) is 7.19. The van der Waals surface area contributed by atoms with Crippen molar-refractivity contribution in [2.45, 2.75) is 20.0 Å². The molecule has 0 fully saturated rings. The molecule has 0 bridgehead atoms. The van der Waals surface area contributed by atoms with Crippen LogP contribution < -0.4 is 10.9 Å². The molecule has 0 atom stereocenters. The highest BCUT2D eigenvalue weighted by Crippen LogP contribution is 2.12. The molecule has 7 nitrogen and oxygen atoms in total. The number of nitrogens with zero attached hydrogens (tertiary/aromatic N) is 4. The van der Waals surface area contributed by atoms with E-state index in [1.807, 2.05) is 37.3 Å². The highest BCUT2D eigenvalue weighted by Gasteiger charge is 2.15. The second kappa shape index (κ2) is 6.44. The number of nitrogens with one attached hydrogen (secondary N) is 1. The van der Waals surface area contributed by atoms with Gasteiger partial charge in [0.05, 0.1) is 11.2 Å². The average Bonchev–Trinajstić information content (AvgIpc) is 3.06. The molecule has 1 aromatic carbocycles. The average molecular weight is 347 g/mol. The van der Waals surface area contributed by atoms with Gasteiger partial charge in [-0.1, -0.05) is 30.3 Å². The predicted octanol–water partition coefficient (Wildman–Crippen LogP) is 1.67. The number of carbonyl (C=O) groups is 1. The van der Waals surface area contributed by atoms with E-state index in [1.54, 1.807) is 24.4 Å². The molecule has 0 saturated carbocycles. The Morgan fingerprint density at radius 1 is 1.12 bits per heavy atom. The second-order valence-electron chi connectivity index (χ2n) is 6.08. The van der Waals surface area contributed by atoms with Crippen molar-refractivity contribution < 1.29 is 4.79 Å². The van der Waals surface area contributed by atoms with Gasteiger partial charge in [-0.2, -0.15) is 5.10 Å². The van der Waals surface area contributed by atoms with Crippen LogP contribution in [0.15, 0.2) is 59.5 Å². The van der Waals surface area contributed by atoms with Crippen LogP contribution in [-0.4, -0.2) is 25.1 Å². The highest BCUT2D eigenvalue weighted by molar-refractivity contribution is 5.80. The minimum absolute atomic E-state index is 0.0748. The summed E-state index contributed by atoms with van der Waals surface area (Å²) < 4.78 is 2.98. The first-order valence-corrected chi connectivity index (χ1v) is 8.28. The molecular weight excluding hydrogens is 330 g/mol. The van der Waals surface area contributed by atoms with Gasteiger partial charge in [0.1, 0.15) is 12.1 Å². The zero-order valence-corrected chi connectivity index (χ0v) is 14.2. The lowest BCUT2D eigenvalue weighted by atomic mass is 10.2. The van der Waals surface area contributed by atoms with Crippen LogP contribution in [0.25, 0.3) is 16.7 Å². The molecule has 7 heteroatoms. The van der Waals surface area contributed by atoms with Gasteiger partial charge in [-0.05, 0) is 30.7 Å². The zero-order chi connectivity index (χ0) is 18.1. The molecule has 1 amide bonds. The summed E-state index contributed by atoms with van der Waals surface area (Å²) in [6, 6.07) is 14.8. The number of hydrogen-bond acceptors (Lipinski definition) is 4. The molecule has 0 aliphatic rings. The van der Waals surface area contributed by atoms with Crippen molar-refractivity contribution in [3.63, 3.8) is 0 Å². The van der Waals surface area contributed by atoms with E-state index in [4.69, 9.17) is 0 Å². The minimum Gasteiger partial charge on any atom is -0.350 e. The lowest BCUT2D eigenvalue weighted by Crippen LogP contribution is -2.33. The molecular formula is C19H17N5O2. The fraction of sp³-hybridized carbons (Fsp3) is 0.158. The van der Waals surface area contributed by atoms with Crippen molar-refractivity contribution >= 4 is 22.6 Å². The normalized spacial score (nSPS) is 11.1. The Kier molecular flexibility index (Phi) is 3.96. The fourth-order valence-electron chi connectivity index (χ4n) is 2.98. The van der Waals surface area contributed by atoms with Gasteiger partial charge in [0.15, 0.2) is 5.65 Å². The van der Waals surface area contributed by atoms with Gasteiger partial charge in [0.2, 0.25) is 5.91 Å². The number of aromatic nitrogens is 4. The summed E-state index contributed by atoms with van der Waals surface area (Å²) in [5.74, 6) is -0.235. The SMILES string of the molecule is Cc1cc2c(=O)n(CC(=O)NCc3ccccc3)c3cccnc3n2n1. The molecule has 0 saturated heterocycles. The molecule has 4 rings (SSSR count). The van der Waals surface area contributed by atoms with E-state index in [0.717, 1.165) is 11.3 Å². The molecule has 3 aromatic heterocycles. The molecule has 0 aliphatic carbocycles. The smallest absolute Gasteiger partial charge is 0.277 e. The molecule has 0 aliphatic heterocycles. The molecule has 130 valence electrons. The van der Waals surface area contributed by atoms with Crippen LogP contribution in [0.4, 0.5) is 0 Å². The highest BCUT2D eigenvalue weighted by atomic mass is 16.2. The Bertz CT molecular complexity index is 1160. The maximum absolute atomic E-state index is 12.9. The molecule has 3 heterocycles. The van der Waals surface area contributed by atoms with Gasteiger partial charge in [0, 0.05) is 12.7 Å². The molecule has 0 spiro atoms. The number of carbonyl (C=O) groups excluding carboxylic acids is 1. The van der Waals surface area contributed by atoms with Gasteiger partial charge in [-0.15, -0.1) is 0 Å². The number of hydrogen-bond donors (Lipinski definition) is 1. The summed E-state index contributed by atoms with van der Waals surface area (Å²) in [4.78, 5) is 29.6. The number of benzene rings is 1. The molecule has 0 radical (unpaired) electrons. The van der Waals surface area contributed by atoms with Crippen molar-refractivity contribution in [1.82, 2.24) is 24.5 Å². The van der Waals surface area contributed by atoms with Gasteiger partial charge in [-0.25, -0.2) is 9.50 Å². The molecule has 4 aromatic rings. The first-order chi connectivity index (χ1) is 12.6. The molecule has 26 heavy (non-hydrogen) atoms. The van der Waals surface area contributed by atoms with Gasteiger partial charge in [0.25, 0.3) is 5.56 Å². The second-order valence-corrected chi connectivity index (χ2v) is 6.08. The van der Waals surface area contributed by atoms with Crippen LogP contribution in [-0.2, 0) is 17.9 Å². The van der Waals surface area contributed by atoms with E-state index in [-0.39, 0.29) is 18.0 Å². The lowest BCUT2D eigenvalue weighted by Gasteiger charge is -2.11. The van der Waals surface area contributed by atoms with E-state index >= 15 is 0 Å². The maximum Gasteiger partial charge on any atom is 0.277 e. The topological polar surface area (TPSA) is 81.3 Å². The van der Waals surface area contributed by atoms with Crippen LogP contribution in [0, 0.1) is 6.92 Å². The van der Waals surface area contributed by atoms with Crippen LogP contribution >= 0.6 is 0 Å². The summed E-state index contributed by atoms with van der Waals surface area (Å²) in [6.07, 6.45) is 1.64. The number of fused-ring (bicyclic) bond motifs is 3. The monoisotopic (exact) mass is 347 g/mol. The van der Waals surface area contributed by atoms with Crippen LogP contribution in [0.5, 0.6) is 0 Å². The van der Waals surface area contributed by atoms with Crippen LogP contribution in [0.3, 0.4) is 0 Å². The van der Waals surface area contributed by atoms with E-state index in [9.17, 15) is 9.59 Å². The fourth-order valence-corrected chi connectivity index (χ4v) is 2.98. The number of pyridine rings is 1. The Labute approximate surface area is 148 Å². The third-order valence-electron chi connectivity index (χ3n) is 4.19. The Morgan fingerprint density at radius 3 is 2.73 bits per heavy atom. The number of aryl methyl sites for hydroxylation is 1. The van der Waals surface area contributed by atoms with Crippen molar-refractivity contribution in [3.8, 4) is 0 Å². The van der Waals surface area contributed by atoms with Crippen LogP contribution in [0.2, 0.25) is 0 Å². The minimum atomic E-state index is -0.263. The van der Waals surface area contributed by atoms with Gasteiger partial charge in [-0.3, -0.25) is 14.2 Å². The standard InChI is InChI=1S/C19H17N5O2/c1-13-10-16-19(26)23(15-8-5-9-20-18(15)24(16)22-13)12-17(25)21-11-14-6-3-2-4-7-14/h2-10H,11-12H2,1H3,(H,21,25). The maximum atomic E-state index is 12.9. The van der Waals surface area contributed by atoms with Crippen molar-refractivity contribution in [3.05, 3.63) is 76.3 Å². The summed E-state index contributed by atoms with van der Waals surface area (Å²) >= 11 is 0. The van der Waals surface area contributed by atoms with E-state index in [0.29, 0.717) is 23.2 Å². The van der Waals surface area contributed by atoms with E-state index in [1.165, 1.54) is 9.08 Å². The van der Waals surface area contributed by atoms with Crippen LogP contribution in [0.1, 0.15) is 11.3 Å². The van der Waals surface area contributed by atoms with Crippen molar-refractivity contribution in [2.24, 2.45) is 0 Å². The van der Waals surface area contributed by atoms with Gasteiger partial charge >= 0.3 is 0 Å². The van der Waals surface area contributed by atoms with E-state index < -0.39 is 0 Å². The lowest BCUT2D eigenvalue weighted by molar-refractivity contribution is -0.121. The Balaban J connectivity index is 1.70. The van der Waals surface area contributed by atoms with Crippen molar-refractivity contribution in [1.29, 1.82) is 0 Å². The Hall–Kier alpha value is -3.48. The first kappa shape index (κ1) is 16.0. The summed E-state index contributed by atoms with van der Waals surface area (Å²) in [5.41, 5.74) is 2.99.